The molecule has 1 amide bonds. The van der Waals surface area contributed by atoms with Gasteiger partial charge in [0, 0.05) is 29.1 Å². The summed E-state index contributed by atoms with van der Waals surface area (Å²) >= 11 is 12.6. The number of carbonyl (C=O) groups excluding carboxylic acids is 2. The molecule has 0 unspecified atom stereocenters. The second kappa shape index (κ2) is 12.7. The van der Waals surface area contributed by atoms with E-state index in [9.17, 15) is 19.8 Å². The van der Waals surface area contributed by atoms with E-state index in [2.05, 4.69) is 26.1 Å². The molecule has 1 saturated heterocycles. The van der Waals surface area contributed by atoms with E-state index in [1.165, 1.54) is 12.1 Å². The Balaban J connectivity index is 1.93. The van der Waals surface area contributed by atoms with Gasteiger partial charge in [0.15, 0.2) is 5.78 Å². The highest BCUT2D eigenvalue weighted by atomic mass is 35.5. The number of Topliss-reactive ketones (excluding diaryl/α,β-unsaturated/α-hetero) is 1. The second-order valence-corrected chi connectivity index (χ2v) is 13.3. The molecule has 0 bridgehead atoms. The van der Waals surface area contributed by atoms with Gasteiger partial charge < -0.3 is 15.5 Å². The Morgan fingerprint density at radius 2 is 1.95 bits per heavy atom. The number of hydrogen-bond acceptors (Lipinski definition) is 5. The lowest BCUT2D eigenvalue weighted by Gasteiger charge is -2.40. The number of aliphatic hydroxyl groups is 2. The van der Waals surface area contributed by atoms with Crippen LogP contribution in [0, 0.1) is 11.2 Å². The molecular formula is C32H41Cl2FN2O4. The highest BCUT2D eigenvalue weighted by Crippen LogP contribution is 2.60. The Kier molecular flexibility index (Phi) is 9.87. The zero-order valence-corrected chi connectivity index (χ0v) is 25.7. The standard InChI is InChI=1S/C32H41Cl2FN2O4/c1-5-6-13-31(2,3)17-27-32(22-15-24(35)23(34)16-25(22)36-30(32)41)28(19-9-7-10-20(33)14-19)29(37(27)4)26(40)12-8-11-21(39)18-38/h7,9-10,14-16,21,27-29,38-39H,5-6,8,11-13,17-18H2,1-4H3,(H,36,41)/t21-,27+,28-,29-,32-/m0/s1. The molecule has 4 rings (SSSR count). The van der Waals surface area contributed by atoms with Crippen molar-refractivity contribution in [2.45, 2.75) is 95.2 Å². The lowest BCUT2D eigenvalue weighted by Crippen LogP contribution is -2.50. The number of unbranched alkanes of at least 4 members (excludes halogenated alkanes) is 1. The SMILES string of the molecule is CCCCC(C)(C)C[C@H]1N(C)[C@@H](C(=O)CCC[C@H](O)CO)[C@H](c2cccc(Cl)c2)[C@@]12C(=O)Nc1cc(Cl)c(F)cc12. The number of anilines is 1. The average molecular weight is 608 g/mol. The van der Waals surface area contributed by atoms with Gasteiger partial charge in [0.1, 0.15) is 11.2 Å². The molecule has 1 spiro atoms. The molecule has 2 aromatic rings. The number of benzene rings is 2. The smallest absolute Gasteiger partial charge is 0.237 e. The average Bonchev–Trinajstić information content (AvgIpc) is 3.33. The number of halogens is 3. The van der Waals surface area contributed by atoms with Crippen LogP contribution in [0.1, 0.15) is 82.8 Å². The topological polar surface area (TPSA) is 89.9 Å². The van der Waals surface area contributed by atoms with E-state index in [4.69, 9.17) is 23.2 Å². The monoisotopic (exact) mass is 606 g/mol. The molecule has 1 fully saturated rings. The van der Waals surface area contributed by atoms with Crippen LogP contribution in [-0.2, 0) is 15.0 Å². The normalized spacial score (nSPS) is 25.0. The van der Waals surface area contributed by atoms with Crippen molar-refractivity contribution in [3.8, 4) is 0 Å². The summed E-state index contributed by atoms with van der Waals surface area (Å²) in [6, 6.07) is 8.90. The maximum Gasteiger partial charge on any atom is 0.237 e. The van der Waals surface area contributed by atoms with Gasteiger partial charge in [-0.3, -0.25) is 14.5 Å². The maximum atomic E-state index is 15.2. The van der Waals surface area contributed by atoms with Crippen LogP contribution < -0.4 is 5.32 Å². The van der Waals surface area contributed by atoms with E-state index in [0.717, 1.165) is 24.8 Å². The Hall–Kier alpha value is -2.03. The molecule has 0 saturated carbocycles. The number of rotatable bonds is 12. The molecule has 5 atom stereocenters. The minimum Gasteiger partial charge on any atom is -0.394 e. The second-order valence-electron chi connectivity index (χ2n) is 12.5. The molecular weight excluding hydrogens is 566 g/mol. The third-order valence-electron chi connectivity index (χ3n) is 9.05. The minimum atomic E-state index is -1.28. The Bertz CT molecular complexity index is 1290. The number of hydrogen-bond donors (Lipinski definition) is 3. The van der Waals surface area contributed by atoms with E-state index in [1.807, 2.05) is 18.0 Å². The first-order valence-electron chi connectivity index (χ1n) is 14.5. The summed E-state index contributed by atoms with van der Waals surface area (Å²) in [7, 11) is 1.88. The number of aliphatic hydroxyl groups excluding tert-OH is 2. The number of nitrogens with zero attached hydrogens (tertiary/aromatic N) is 1. The van der Waals surface area contributed by atoms with Gasteiger partial charge >= 0.3 is 0 Å². The molecule has 41 heavy (non-hydrogen) atoms. The van der Waals surface area contributed by atoms with Crippen molar-refractivity contribution >= 4 is 40.6 Å². The van der Waals surface area contributed by atoms with E-state index < -0.39 is 35.3 Å². The van der Waals surface area contributed by atoms with Crippen molar-refractivity contribution in [3.63, 3.8) is 0 Å². The van der Waals surface area contributed by atoms with Crippen molar-refractivity contribution in [1.29, 1.82) is 0 Å². The molecule has 2 heterocycles. The van der Waals surface area contributed by atoms with Crippen LogP contribution in [0.4, 0.5) is 10.1 Å². The predicted molar refractivity (Wildman–Crippen MR) is 161 cm³/mol. The summed E-state index contributed by atoms with van der Waals surface area (Å²) in [5.41, 5.74) is 0.235. The Labute approximate surface area is 252 Å². The summed E-state index contributed by atoms with van der Waals surface area (Å²) in [5.74, 6) is -1.64. The van der Waals surface area contributed by atoms with Crippen LogP contribution in [0.5, 0.6) is 0 Å². The lowest BCUT2D eigenvalue weighted by molar-refractivity contribution is -0.124. The maximum absolute atomic E-state index is 15.2. The summed E-state index contributed by atoms with van der Waals surface area (Å²) in [6.45, 7) is 6.14. The van der Waals surface area contributed by atoms with E-state index in [1.54, 1.807) is 18.2 Å². The van der Waals surface area contributed by atoms with E-state index >= 15 is 4.39 Å². The fourth-order valence-corrected chi connectivity index (χ4v) is 7.44. The van der Waals surface area contributed by atoms with Gasteiger partial charge in [-0.25, -0.2) is 4.39 Å². The highest BCUT2D eigenvalue weighted by Gasteiger charge is 2.68. The first-order valence-corrected chi connectivity index (χ1v) is 15.2. The molecule has 0 aliphatic carbocycles. The molecule has 2 aliphatic rings. The van der Waals surface area contributed by atoms with Gasteiger partial charge in [0.25, 0.3) is 0 Å². The summed E-state index contributed by atoms with van der Waals surface area (Å²) in [5, 5.41) is 22.5. The Morgan fingerprint density at radius 3 is 2.61 bits per heavy atom. The van der Waals surface area contributed by atoms with Crippen LogP contribution in [-0.4, -0.2) is 58.6 Å². The van der Waals surface area contributed by atoms with Crippen LogP contribution in [0.25, 0.3) is 0 Å². The van der Waals surface area contributed by atoms with Crippen LogP contribution in [0.15, 0.2) is 36.4 Å². The van der Waals surface area contributed by atoms with E-state index in [0.29, 0.717) is 29.1 Å². The van der Waals surface area contributed by atoms with Crippen molar-refractivity contribution in [3.05, 3.63) is 63.4 Å². The minimum absolute atomic E-state index is 0.0773. The van der Waals surface area contributed by atoms with Gasteiger partial charge in [-0.1, -0.05) is 68.9 Å². The number of ketones is 1. The zero-order valence-electron chi connectivity index (χ0n) is 24.2. The van der Waals surface area contributed by atoms with Crippen LogP contribution in [0.3, 0.4) is 0 Å². The summed E-state index contributed by atoms with van der Waals surface area (Å²) in [4.78, 5) is 30.5. The molecule has 3 N–H and O–H groups in total. The fraction of sp³-hybridized carbons (Fsp3) is 0.562. The summed E-state index contributed by atoms with van der Waals surface area (Å²) < 4.78 is 15.2. The molecule has 224 valence electrons. The van der Waals surface area contributed by atoms with Crippen molar-refractivity contribution in [1.82, 2.24) is 4.90 Å². The lowest BCUT2D eigenvalue weighted by atomic mass is 9.61. The Morgan fingerprint density at radius 1 is 1.22 bits per heavy atom. The number of fused-ring (bicyclic) bond motifs is 2. The third kappa shape index (κ3) is 6.07. The molecule has 0 radical (unpaired) electrons. The van der Waals surface area contributed by atoms with Gasteiger partial charge in [-0.2, -0.15) is 0 Å². The summed E-state index contributed by atoms with van der Waals surface area (Å²) in [6.07, 6.45) is 3.54. The number of likely N-dealkylation sites (N-methyl/N-ethyl adjacent to an activating group) is 1. The molecule has 2 aromatic carbocycles. The molecule has 0 aromatic heterocycles. The molecule has 2 aliphatic heterocycles. The fourth-order valence-electron chi connectivity index (χ4n) is 7.08. The predicted octanol–water partition coefficient (Wildman–Crippen LogP) is 6.49. The van der Waals surface area contributed by atoms with Gasteiger partial charge in [0.05, 0.1) is 23.8 Å². The van der Waals surface area contributed by atoms with Crippen molar-refractivity contribution < 1.29 is 24.2 Å². The largest absolute Gasteiger partial charge is 0.394 e. The number of nitrogens with one attached hydrogen (secondary N) is 1. The molecule has 9 heteroatoms. The van der Waals surface area contributed by atoms with Gasteiger partial charge in [-0.05, 0) is 73.5 Å². The van der Waals surface area contributed by atoms with Crippen molar-refractivity contribution in [2.75, 3.05) is 19.0 Å². The van der Waals surface area contributed by atoms with E-state index in [-0.39, 0.29) is 41.6 Å². The van der Waals surface area contributed by atoms with Crippen LogP contribution >= 0.6 is 23.2 Å². The third-order valence-corrected chi connectivity index (χ3v) is 9.58. The number of carbonyl (C=O) groups is 2. The first-order chi connectivity index (χ1) is 19.4. The van der Waals surface area contributed by atoms with Gasteiger partial charge in [-0.15, -0.1) is 0 Å². The number of amides is 1. The quantitative estimate of drug-likeness (QED) is 0.257. The molecule has 6 nitrogen and oxygen atoms in total. The first kappa shape index (κ1) is 31.9. The highest BCUT2D eigenvalue weighted by molar-refractivity contribution is 6.31. The number of likely N-dealkylation sites (tertiary alicyclic amines) is 1. The van der Waals surface area contributed by atoms with Gasteiger partial charge in [0.2, 0.25) is 5.91 Å². The zero-order chi connectivity index (χ0) is 30.1. The van der Waals surface area contributed by atoms with Crippen LogP contribution in [0.2, 0.25) is 10.0 Å². The van der Waals surface area contributed by atoms with Crippen molar-refractivity contribution in [2.24, 2.45) is 5.41 Å².